The maximum absolute atomic E-state index is 11.9. The van der Waals surface area contributed by atoms with Gasteiger partial charge in [0, 0.05) is 18.5 Å². The van der Waals surface area contributed by atoms with Gasteiger partial charge in [0.25, 0.3) is 0 Å². The molecule has 0 amide bonds. The quantitative estimate of drug-likeness (QED) is 0.790. The average Bonchev–Trinajstić information content (AvgIpc) is 2.86. The van der Waals surface area contributed by atoms with Gasteiger partial charge in [-0.1, -0.05) is 30.3 Å². The molecule has 1 aliphatic heterocycles. The van der Waals surface area contributed by atoms with Crippen LogP contribution in [-0.4, -0.2) is 29.5 Å². The molecule has 0 spiro atoms. The number of ether oxygens (including phenoxy) is 1. The third-order valence-electron chi connectivity index (χ3n) is 3.93. The van der Waals surface area contributed by atoms with Crippen molar-refractivity contribution >= 4 is 5.97 Å². The van der Waals surface area contributed by atoms with E-state index in [0.717, 1.165) is 25.1 Å². The Hall–Kier alpha value is -1.35. The Morgan fingerprint density at radius 3 is 2.60 bits per heavy atom. The van der Waals surface area contributed by atoms with Crippen molar-refractivity contribution in [3.63, 3.8) is 0 Å². The third-order valence-corrected chi connectivity index (χ3v) is 3.93. The fraction of sp³-hybridized carbons (Fsp3) is 0.588. The van der Waals surface area contributed by atoms with Crippen molar-refractivity contribution in [1.29, 1.82) is 0 Å². The molecule has 1 aromatic carbocycles. The van der Waals surface area contributed by atoms with Crippen molar-refractivity contribution in [3.05, 3.63) is 35.9 Å². The van der Waals surface area contributed by atoms with Crippen molar-refractivity contribution in [2.75, 3.05) is 13.1 Å². The highest BCUT2D eigenvalue weighted by Crippen LogP contribution is 2.26. The van der Waals surface area contributed by atoms with Gasteiger partial charge >= 0.3 is 5.97 Å². The molecule has 0 unspecified atom stereocenters. The van der Waals surface area contributed by atoms with Gasteiger partial charge < -0.3 is 4.74 Å². The molecule has 0 aliphatic carbocycles. The number of hydrogen-bond acceptors (Lipinski definition) is 3. The molecule has 0 aromatic heterocycles. The Labute approximate surface area is 121 Å². The standard InChI is InChI=1S/C17H25NO2/c1-17(2,3)18-10-9-15(12-18)11-16(19)20-13-14-7-5-4-6-8-14/h4-8,15H,9-13H2,1-3H3/t15-/m1/s1. The zero-order chi connectivity index (χ0) is 14.6. The Morgan fingerprint density at radius 2 is 2.00 bits per heavy atom. The first-order valence-electron chi connectivity index (χ1n) is 7.40. The minimum Gasteiger partial charge on any atom is -0.461 e. The second-order valence-corrected chi connectivity index (χ2v) is 6.62. The van der Waals surface area contributed by atoms with Crippen LogP contribution in [0.1, 0.15) is 39.2 Å². The highest BCUT2D eigenvalue weighted by atomic mass is 16.5. The predicted octanol–water partition coefficient (Wildman–Crippen LogP) is 3.24. The number of likely N-dealkylation sites (tertiary alicyclic amines) is 1. The Balaban J connectivity index is 1.73. The van der Waals surface area contributed by atoms with E-state index in [-0.39, 0.29) is 11.5 Å². The zero-order valence-corrected chi connectivity index (χ0v) is 12.8. The first-order chi connectivity index (χ1) is 9.45. The van der Waals surface area contributed by atoms with Gasteiger partial charge in [0.1, 0.15) is 6.61 Å². The van der Waals surface area contributed by atoms with Gasteiger partial charge in [0.05, 0.1) is 0 Å². The summed E-state index contributed by atoms with van der Waals surface area (Å²) in [5.41, 5.74) is 1.24. The third kappa shape index (κ3) is 4.34. The Bertz CT molecular complexity index is 436. The van der Waals surface area contributed by atoms with Gasteiger partial charge in [0.15, 0.2) is 0 Å². The van der Waals surface area contributed by atoms with E-state index in [2.05, 4.69) is 25.7 Å². The van der Waals surface area contributed by atoms with E-state index >= 15 is 0 Å². The summed E-state index contributed by atoms with van der Waals surface area (Å²) in [5, 5.41) is 0. The molecular formula is C17H25NO2. The van der Waals surface area contributed by atoms with Crippen molar-refractivity contribution < 1.29 is 9.53 Å². The number of nitrogens with zero attached hydrogens (tertiary/aromatic N) is 1. The lowest BCUT2D eigenvalue weighted by atomic mass is 10.0. The van der Waals surface area contributed by atoms with Gasteiger partial charge in [-0.3, -0.25) is 9.69 Å². The molecule has 0 bridgehead atoms. The topological polar surface area (TPSA) is 29.5 Å². The van der Waals surface area contributed by atoms with E-state index in [1.807, 2.05) is 30.3 Å². The second kappa shape index (κ2) is 6.40. The van der Waals surface area contributed by atoms with Gasteiger partial charge in [-0.05, 0) is 45.2 Å². The summed E-state index contributed by atoms with van der Waals surface area (Å²) in [4.78, 5) is 14.3. The number of rotatable bonds is 4. The number of carbonyl (C=O) groups is 1. The monoisotopic (exact) mass is 275 g/mol. The van der Waals surface area contributed by atoms with E-state index in [1.54, 1.807) is 0 Å². The lowest BCUT2D eigenvalue weighted by Gasteiger charge is -2.31. The fourth-order valence-electron chi connectivity index (χ4n) is 2.64. The van der Waals surface area contributed by atoms with Crippen molar-refractivity contribution in [2.24, 2.45) is 5.92 Å². The van der Waals surface area contributed by atoms with Crippen LogP contribution >= 0.6 is 0 Å². The van der Waals surface area contributed by atoms with Crippen molar-refractivity contribution in [1.82, 2.24) is 4.90 Å². The van der Waals surface area contributed by atoms with Crippen LogP contribution in [-0.2, 0) is 16.1 Å². The van der Waals surface area contributed by atoms with Crippen LogP contribution in [0.25, 0.3) is 0 Å². The van der Waals surface area contributed by atoms with E-state index in [0.29, 0.717) is 18.9 Å². The minimum absolute atomic E-state index is 0.0744. The fourth-order valence-corrected chi connectivity index (χ4v) is 2.64. The van der Waals surface area contributed by atoms with E-state index in [9.17, 15) is 4.79 Å². The first kappa shape index (κ1) is 15.0. The molecule has 0 radical (unpaired) electrons. The van der Waals surface area contributed by atoms with Crippen LogP contribution < -0.4 is 0 Å². The highest BCUT2D eigenvalue weighted by molar-refractivity contribution is 5.69. The predicted molar refractivity (Wildman–Crippen MR) is 80.3 cm³/mol. The maximum atomic E-state index is 11.9. The van der Waals surface area contributed by atoms with Gasteiger partial charge in [-0.15, -0.1) is 0 Å². The second-order valence-electron chi connectivity index (χ2n) is 6.62. The summed E-state index contributed by atoms with van der Waals surface area (Å²) in [6, 6.07) is 9.84. The molecule has 1 saturated heterocycles. The molecule has 0 saturated carbocycles. The van der Waals surface area contributed by atoms with Crippen molar-refractivity contribution in [3.8, 4) is 0 Å². The summed E-state index contributed by atoms with van der Waals surface area (Å²) < 4.78 is 5.35. The molecule has 1 fully saturated rings. The van der Waals surface area contributed by atoms with Gasteiger partial charge in [0.2, 0.25) is 0 Å². The van der Waals surface area contributed by atoms with Crippen LogP contribution in [0.4, 0.5) is 0 Å². The largest absolute Gasteiger partial charge is 0.461 e. The van der Waals surface area contributed by atoms with Gasteiger partial charge in [-0.2, -0.15) is 0 Å². The first-order valence-corrected chi connectivity index (χ1v) is 7.40. The normalized spacial score (nSPS) is 20.1. The molecule has 1 aliphatic rings. The Kier molecular flexibility index (Phi) is 4.81. The smallest absolute Gasteiger partial charge is 0.306 e. The van der Waals surface area contributed by atoms with Crippen LogP contribution in [0.2, 0.25) is 0 Å². The summed E-state index contributed by atoms with van der Waals surface area (Å²) in [6.45, 7) is 9.15. The van der Waals surface area contributed by atoms with Gasteiger partial charge in [-0.25, -0.2) is 0 Å². The lowest BCUT2D eigenvalue weighted by Crippen LogP contribution is -2.39. The van der Waals surface area contributed by atoms with Crippen LogP contribution in [0.3, 0.4) is 0 Å². The summed E-state index contributed by atoms with van der Waals surface area (Å²) in [6.07, 6.45) is 1.64. The number of hydrogen-bond donors (Lipinski definition) is 0. The average molecular weight is 275 g/mol. The summed E-state index contributed by atoms with van der Waals surface area (Å²) in [5.74, 6) is 0.368. The highest BCUT2D eigenvalue weighted by Gasteiger charge is 2.31. The minimum atomic E-state index is -0.0744. The molecule has 2 rings (SSSR count). The molecule has 3 nitrogen and oxygen atoms in total. The number of esters is 1. The number of carbonyl (C=O) groups excluding carboxylic acids is 1. The van der Waals surface area contributed by atoms with E-state index in [4.69, 9.17) is 4.74 Å². The van der Waals surface area contributed by atoms with Crippen molar-refractivity contribution in [2.45, 2.75) is 45.8 Å². The molecule has 110 valence electrons. The van der Waals surface area contributed by atoms with Crippen LogP contribution in [0.15, 0.2) is 30.3 Å². The lowest BCUT2D eigenvalue weighted by molar-refractivity contribution is -0.146. The molecular weight excluding hydrogens is 250 g/mol. The van der Waals surface area contributed by atoms with E-state index in [1.165, 1.54) is 0 Å². The Morgan fingerprint density at radius 1 is 1.30 bits per heavy atom. The molecule has 3 heteroatoms. The maximum Gasteiger partial charge on any atom is 0.306 e. The molecule has 1 atom stereocenters. The molecule has 20 heavy (non-hydrogen) atoms. The zero-order valence-electron chi connectivity index (χ0n) is 12.8. The number of benzene rings is 1. The van der Waals surface area contributed by atoms with E-state index < -0.39 is 0 Å². The molecule has 1 aromatic rings. The molecule has 1 heterocycles. The summed E-state index contributed by atoms with van der Waals surface area (Å²) in [7, 11) is 0. The van der Waals surface area contributed by atoms with Crippen LogP contribution in [0.5, 0.6) is 0 Å². The van der Waals surface area contributed by atoms with Crippen LogP contribution in [0, 0.1) is 5.92 Å². The summed E-state index contributed by atoms with van der Waals surface area (Å²) >= 11 is 0. The molecule has 0 N–H and O–H groups in total. The SMILES string of the molecule is CC(C)(C)N1CC[C@H](CC(=O)OCc2ccccc2)C1.